The van der Waals surface area contributed by atoms with Crippen LogP contribution in [0, 0.1) is 0 Å². The largest absolute Gasteiger partial charge is 0.464 e. The first-order chi connectivity index (χ1) is 12.8. The Kier molecular flexibility index (Phi) is 5.41. The molecule has 0 N–H and O–H groups in total. The first-order valence-corrected chi connectivity index (χ1v) is 9.70. The summed E-state index contributed by atoms with van der Waals surface area (Å²) in [5, 5.41) is 0.552. The highest BCUT2D eigenvalue weighted by Gasteiger charge is 2.41. The summed E-state index contributed by atoms with van der Waals surface area (Å²) in [5.74, 6) is -1.05. The summed E-state index contributed by atoms with van der Waals surface area (Å²) < 4.78 is 7.07. The molecule has 3 rings (SSSR count). The van der Waals surface area contributed by atoms with E-state index in [1.165, 1.54) is 6.92 Å². The number of nitrogens with zero attached hydrogens (tertiary/aromatic N) is 2. The van der Waals surface area contributed by atoms with E-state index in [9.17, 15) is 14.4 Å². The average molecular weight is 386 g/mol. The van der Waals surface area contributed by atoms with Crippen molar-refractivity contribution in [3.05, 3.63) is 40.9 Å². The molecule has 1 aliphatic heterocycles. The van der Waals surface area contributed by atoms with Crippen LogP contribution in [0.5, 0.6) is 0 Å². The molecule has 0 aliphatic carbocycles. The summed E-state index contributed by atoms with van der Waals surface area (Å²) in [5.41, 5.74) is 1.94. The van der Waals surface area contributed by atoms with E-state index < -0.39 is 23.2 Å². The average Bonchev–Trinajstić information content (AvgIpc) is 3.13. The van der Waals surface area contributed by atoms with Gasteiger partial charge in [-0.3, -0.25) is 14.5 Å². The van der Waals surface area contributed by atoms with Crippen molar-refractivity contribution in [1.82, 2.24) is 9.47 Å². The topological polar surface area (TPSA) is 68.6 Å². The van der Waals surface area contributed by atoms with Crippen LogP contribution in [0.1, 0.15) is 39.3 Å². The zero-order valence-corrected chi connectivity index (χ0v) is 16.6. The van der Waals surface area contributed by atoms with E-state index in [4.69, 9.17) is 4.74 Å². The SMILES string of the molecule is CCOC(=O)[C@@H](C)N1C(=O)S/C(=C\c2cn(C(C)C)c3ccccc23)C1=O. The summed E-state index contributed by atoms with van der Waals surface area (Å²) in [6.07, 6.45) is 3.71. The van der Waals surface area contributed by atoms with Crippen LogP contribution in [0.4, 0.5) is 4.79 Å². The lowest BCUT2D eigenvalue weighted by molar-refractivity contribution is -0.150. The molecule has 0 radical (unpaired) electrons. The first-order valence-electron chi connectivity index (χ1n) is 8.88. The Morgan fingerprint density at radius 2 is 1.93 bits per heavy atom. The van der Waals surface area contributed by atoms with E-state index in [0.717, 1.165) is 33.1 Å². The van der Waals surface area contributed by atoms with Crippen LogP contribution in [0.25, 0.3) is 17.0 Å². The van der Waals surface area contributed by atoms with Gasteiger partial charge in [-0.2, -0.15) is 0 Å². The van der Waals surface area contributed by atoms with Gasteiger partial charge in [0.15, 0.2) is 0 Å². The molecule has 1 aliphatic rings. The maximum Gasteiger partial charge on any atom is 0.329 e. The van der Waals surface area contributed by atoms with Crippen molar-refractivity contribution in [2.24, 2.45) is 0 Å². The molecule has 6 nitrogen and oxygen atoms in total. The lowest BCUT2D eigenvalue weighted by Crippen LogP contribution is -2.42. The summed E-state index contributed by atoms with van der Waals surface area (Å²) in [7, 11) is 0. The first kappa shape index (κ1) is 19.2. The van der Waals surface area contributed by atoms with Crippen molar-refractivity contribution < 1.29 is 19.1 Å². The zero-order chi connectivity index (χ0) is 19.7. The molecule has 1 saturated heterocycles. The van der Waals surface area contributed by atoms with Crippen LogP contribution in [0.15, 0.2) is 35.4 Å². The fraction of sp³-hybridized carbons (Fsp3) is 0.350. The van der Waals surface area contributed by atoms with Gasteiger partial charge < -0.3 is 9.30 Å². The van der Waals surface area contributed by atoms with Crippen molar-refractivity contribution in [2.75, 3.05) is 6.61 Å². The van der Waals surface area contributed by atoms with E-state index in [1.54, 1.807) is 13.0 Å². The molecule has 142 valence electrons. The van der Waals surface area contributed by atoms with Crippen molar-refractivity contribution >= 4 is 45.9 Å². The Labute approximate surface area is 162 Å². The molecule has 1 atom stereocenters. The maximum atomic E-state index is 12.7. The quantitative estimate of drug-likeness (QED) is 0.569. The minimum absolute atomic E-state index is 0.198. The number of carbonyl (C=O) groups excluding carboxylic acids is 3. The van der Waals surface area contributed by atoms with Gasteiger partial charge in [0.25, 0.3) is 11.1 Å². The monoisotopic (exact) mass is 386 g/mol. The maximum absolute atomic E-state index is 12.7. The molecule has 1 fully saturated rings. The lowest BCUT2D eigenvalue weighted by Gasteiger charge is -2.19. The normalized spacial score (nSPS) is 17.4. The summed E-state index contributed by atoms with van der Waals surface area (Å²) in [6.45, 7) is 7.56. The van der Waals surface area contributed by atoms with Crippen molar-refractivity contribution in [3.8, 4) is 0 Å². The Balaban J connectivity index is 1.97. The number of hydrogen-bond acceptors (Lipinski definition) is 5. The van der Waals surface area contributed by atoms with Gasteiger partial charge >= 0.3 is 5.97 Å². The zero-order valence-electron chi connectivity index (χ0n) is 15.8. The van der Waals surface area contributed by atoms with Crippen LogP contribution in [-0.2, 0) is 14.3 Å². The number of benzene rings is 1. The predicted octanol–water partition coefficient (Wildman–Crippen LogP) is 4.21. The Hall–Kier alpha value is -2.54. The van der Waals surface area contributed by atoms with Gasteiger partial charge in [0.2, 0.25) is 0 Å². The molecule has 0 spiro atoms. The highest BCUT2D eigenvalue weighted by molar-refractivity contribution is 8.18. The highest BCUT2D eigenvalue weighted by Crippen LogP contribution is 2.35. The fourth-order valence-corrected chi connectivity index (χ4v) is 4.00. The van der Waals surface area contributed by atoms with Gasteiger partial charge in [-0.1, -0.05) is 18.2 Å². The molecule has 1 aromatic carbocycles. The number of carbonyl (C=O) groups is 3. The van der Waals surface area contributed by atoms with Crippen LogP contribution in [-0.4, -0.2) is 39.2 Å². The number of fused-ring (bicyclic) bond motifs is 1. The second-order valence-corrected chi connectivity index (χ2v) is 7.58. The van der Waals surface area contributed by atoms with Crippen molar-refractivity contribution in [3.63, 3.8) is 0 Å². The van der Waals surface area contributed by atoms with Gasteiger partial charge in [0.1, 0.15) is 6.04 Å². The van der Waals surface area contributed by atoms with E-state index >= 15 is 0 Å². The van der Waals surface area contributed by atoms with E-state index in [-0.39, 0.29) is 12.6 Å². The molecule has 2 aromatic rings. The Bertz CT molecular complexity index is 945. The molecule has 27 heavy (non-hydrogen) atoms. The minimum Gasteiger partial charge on any atom is -0.464 e. The second kappa shape index (κ2) is 7.60. The van der Waals surface area contributed by atoms with Gasteiger partial charge in [-0.25, -0.2) is 4.79 Å². The molecule has 7 heteroatoms. The Morgan fingerprint density at radius 3 is 2.59 bits per heavy atom. The number of imide groups is 1. The number of esters is 1. The van der Waals surface area contributed by atoms with E-state index in [0.29, 0.717) is 4.91 Å². The van der Waals surface area contributed by atoms with Crippen molar-refractivity contribution in [1.29, 1.82) is 0 Å². The van der Waals surface area contributed by atoms with Crippen LogP contribution in [0.3, 0.4) is 0 Å². The summed E-state index contributed by atoms with van der Waals surface area (Å²) >= 11 is 0.848. The Morgan fingerprint density at radius 1 is 1.22 bits per heavy atom. The molecular weight excluding hydrogens is 364 g/mol. The van der Waals surface area contributed by atoms with Crippen LogP contribution in [0.2, 0.25) is 0 Å². The van der Waals surface area contributed by atoms with Gasteiger partial charge in [-0.05, 0) is 51.6 Å². The number of para-hydroxylation sites is 1. The van der Waals surface area contributed by atoms with E-state index in [2.05, 4.69) is 18.4 Å². The minimum atomic E-state index is -0.944. The molecular formula is C20H22N2O4S. The third-order valence-electron chi connectivity index (χ3n) is 4.45. The van der Waals surface area contributed by atoms with E-state index in [1.807, 2.05) is 30.5 Å². The third kappa shape index (κ3) is 3.51. The third-order valence-corrected chi connectivity index (χ3v) is 5.34. The molecule has 0 bridgehead atoms. The fourth-order valence-electron chi connectivity index (χ4n) is 3.10. The van der Waals surface area contributed by atoms with Crippen molar-refractivity contribution in [2.45, 2.75) is 39.8 Å². The summed E-state index contributed by atoms with van der Waals surface area (Å²) in [6, 6.07) is 7.25. The van der Waals surface area contributed by atoms with Gasteiger partial charge in [0.05, 0.1) is 11.5 Å². The number of ether oxygens (including phenoxy) is 1. The number of thioether (sulfide) groups is 1. The number of rotatable bonds is 5. The van der Waals surface area contributed by atoms with Crippen LogP contribution >= 0.6 is 11.8 Å². The number of hydrogen-bond donors (Lipinski definition) is 0. The standard InChI is InChI=1S/C20H22N2O4S/c1-5-26-19(24)13(4)22-18(23)17(27-20(22)25)10-14-11-21(12(2)3)16-9-7-6-8-15(14)16/h6-13H,5H2,1-4H3/b17-10-/t13-/m1/s1. The highest BCUT2D eigenvalue weighted by atomic mass is 32.2. The van der Waals surface area contributed by atoms with Crippen LogP contribution < -0.4 is 0 Å². The molecule has 0 saturated carbocycles. The number of aromatic nitrogens is 1. The predicted molar refractivity (Wildman–Crippen MR) is 106 cm³/mol. The van der Waals surface area contributed by atoms with Gasteiger partial charge in [-0.15, -0.1) is 0 Å². The van der Waals surface area contributed by atoms with Gasteiger partial charge in [0, 0.05) is 28.7 Å². The number of amides is 2. The molecule has 2 amide bonds. The summed E-state index contributed by atoms with van der Waals surface area (Å²) in [4.78, 5) is 38.3. The smallest absolute Gasteiger partial charge is 0.329 e. The molecule has 1 aromatic heterocycles. The lowest BCUT2D eigenvalue weighted by atomic mass is 10.1. The second-order valence-electron chi connectivity index (χ2n) is 6.58. The molecule has 0 unspecified atom stereocenters. The molecule has 2 heterocycles.